The van der Waals surface area contributed by atoms with Crippen molar-refractivity contribution in [1.29, 1.82) is 0 Å². The van der Waals surface area contributed by atoms with E-state index in [1.165, 1.54) is 43.1 Å². The highest BCUT2D eigenvalue weighted by Gasteiger charge is 2.20. The molecule has 0 atom stereocenters. The summed E-state index contributed by atoms with van der Waals surface area (Å²) in [6.45, 7) is 0. The van der Waals surface area contributed by atoms with E-state index in [-0.39, 0.29) is 0 Å². The Balaban J connectivity index is 0.000000115. The SMILES string of the molecule is c1ccc2c(c1)N=c1ccc3c(c1-2)N=c1ccccc1=3.c1ccc2c(c1)N=c1ccc3c(c1-2)N=c1ccccc1=3. The first-order chi connectivity index (χ1) is 19.8. The summed E-state index contributed by atoms with van der Waals surface area (Å²) in [5.41, 5.74) is 8.95. The zero-order valence-electron chi connectivity index (χ0n) is 21.3. The predicted molar refractivity (Wildman–Crippen MR) is 155 cm³/mol. The maximum atomic E-state index is 4.83. The molecule has 4 heterocycles. The van der Waals surface area contributed by atoms with E-state index in [1.807, 2.05) is 24.3 Å². The van der Waals surface area contributed by atoms with E-state index in [2.05, 4.69) is 97.1 Å². The minimum Gasteiger partial charge on any atom is -0.248 e. The number of rotatable bonds is 0. The molecule has 184 valence electrons. The summed E-state index contributed by atoms with van der Waals surface area (Å²) in [6, 6.07) is 41.6. The molecule has 0 unspecified atom stereocenters. The third kappa shape index (κ3) is 2.96. The van der Waals surface area contributed by atoms with Gasteiger partial charge in [0.15, 0.2) is 0 Å². The van der Waals surface area contributed by atoms with E-state index in [0.717, 1.165) is 44.2 Å². The molecule has 0 radical (unpaired) electrons. The van der Waals surface area contributed by atoms with Gasteiger partial charge in [-0.1, -0.05) is 72.8 Å². The second kappa shape index (κ2) is 8.01. The predicted octanol–water partition coefficient (Wildman–Crippen LogP) is 6.34. The first-order valence-corrected chi connectivity index (χ1v) is 13.4. The highest BCUT2D eigenvalue weighted by molar-refractivity contribution is 5.88. The van der Waals surface area contributed by atoms with Crippen molar-refractivity contribution in [1.82, 2.24) is 0 Å². The molecule has 6 aromatic rings. The molecule has 0 bridgehead atoms. The maximum Gasteiger partial charge on any atom is 0.0817 e. The lowest BCUT2D eigenvalue weighted by molar-refractivity contribution is 1.36. The van der Waals surface area contributed by atoms with E-state index in [4.69, 9.17) is 20.0 Å². The summed E-state index contributed by atoms with van der Waals surface area (Å²) in [5, 5.41) is 9.03. The van der Waals surface area contributed by atoms with E-state index in [9.17, 15) is 0 Å². The lowest BCUT2D eigenvalue weighted by Gasteiger charge is -2.01. The lowest BCUT2D eigenvalue weighted by atomic mass is 10.0. The standard InChI is InChI=1S/2C18H10N2/c2*1-3-7-14-11(5-1)12-9-10-16-17(18(12)20-14)13-6-2-4-8-15(13)19-16/h2*1-10H. The fourth-order valence-corrected chi connectivity index (χ4v) is 6.21. The van der Waals surface area contributed by atoms with Crippen LogP contribution in [-0.4, -0.2) is 0 Å². The molecule has 0 aliphatic carbocycles. The van der Waals surface area contributed by atoms with Crippen molar-refractivity contribution >= 4 is 22.7 Å². The van der Waals surface area contributed by atoms with Crippen LogP contribution in [0.2, 0.25) is 0 Å². The fraction of sp³-hybridized carbons (Fsp3) is 0. The Morgan fingerprint density at radius 3 is 1.23 bits per heavy atom. The number of hydrogen-bond acceptors (Lipinski definition) is 4. The van der Waals surface area contributed by atoms with Gasteiger partial charge in [0.25, 0.3) is 0 Å². The number of fused-ring (bicyclic) bond motifs is 12. The van der Waals surface area contributed by atoms with Crippen LogP contribution in [0.1, 0.15) is 0 Å². The molecule has 0 amide bonds. The van der Waals surface area contributed by atoms with Crippen molar-refractivity contribution in [3.8, 4) is 22.3 Å². The van der Waals surface area contributed by atoms with Gasteiger partial charge < -0.3 is 0 Å². The molecule has 0 fully saturated rings. The summed E-state index contributed by atoms with van der Waals surface area (Å²) in [5.74, 6) is 0. The second-order valence-corrected chi connectivity index (χ2v) is 10.2. The van der Waals surface area contributed by atoms with Crippen LogP contribution < -0.4 is 21.4 Å². The molecule has 6 aromatic carbocycles. The molecule has 0 saturated heterocycles. The summed E-state index contributed by atoms with van der Waals surface area (Å²) < 4.78 is 0. The lowest BCUT2D eigenvalue weighted by Crippen LogP contribution is -2.00. The van der Waals surface area contributed by atoms with E-state index in [0.29, 0.717) is 0 Å². The van der Waals surface area contributed by atoms with Crippen LogP contribution in [0.5, 0.6) is 0 Å². The van der Waals surface area contributed by atoms with Crippen LogP contribution in [0.3, 0.4) is 0 Å². The van der Waals surface area contributed by atoms with Gasteiger partial charge in [-0.05, 0) is 48.5 Å². The van der Waals surface area contributed by atoms with Gasteiger partial charge in [-0.25, -0.2) is 20.0 Å². The number of benzene rings is 6. The van der Waals surface area contributed by atoms with Gasteiger partial charge in [-0.2, -0.15) is 0 Å². The van der Waals surface area contributed by atoms with Gasteiger partial charge in [-0.15, -0.1) is 0 Å². The Hall–Kier alpha value is -5.48. The Bertz CT molecular complexity index is 2370. The average Bonchev–Trinajstić information content (AvgIpc) is 3.76. The monoisotopic (exact) mass is 508 g/mol. The van der Waals surface area contributed by atoms with E-state index in [1.54, 1.807) is 0 Å². The Kier molecular flexibility index (Phi) is 4.30. The summed E-state index contributed by atoms with van der Waals surface area (Å²) in [7, 11) is 0. The van der Waals surface area contributed by atoms with Crippen LogP contribution in [0.25, 0.3) is 22.3 Å². The van der Waals surface area contributed by atoms with Gasteiger partial charge in [0.2, 0.25) is 0 Å². The number of nitrogens with zero attached hydrogens (tertiary/aromatic N) is 4. The zero-order valence-corrected chi connectivity index (χ0v) is 21.3. The minimum atomic E-state index is 1.03. The third-order valence-corrected chi connectivity index (χ3v) is 7.99. The topological polar surface area (TPSA) is 49.4 Å². The van der Waals surface area contributed by atoms with Gasteiger partial charge in [0.05, 0.1) is 44.2 Å². The molecule has 0 saturated carbocycles. The molecule has 4 heteroatoms. The highest BCUT2D eigenvalue weighted by atomic mass is 14.8. The van der Waals surface area contributed by atoms with Crippen molar-refractivity contribution in [3.63, 3.8) is 0 Å². The van der Waals surface area contributed by atoms with Gasteiger partial charge in [0.1, 0.15) is 0 Å². The van der Waals surface area contributed by atoms with Crippen molar-refractivity contribution in [2.24, 2.45) is 20.0 Å². The first kappa shape index (κ1) is 21.5. The summed E-state index contributed by atoms with van der Waals surface area (Å²) >= 11 is 0. The first-order valence-electron chi connectivity index (χ1n) is 13.4. The largest absolute Gasteiger partial charge is 0.248 e. The Labute approximate surface area is 228 Å². The van der Waals surface area contributed by atoms with Crippen molar-refractivity contribution in [2.45, 2.75) is 0 Å². The molecule has 40 heavy (non-hydrogen) atoms. The van der Waals surface area contributed by atoms with Crippen molar-refractivity contribution in [3.05, 3.63) is 164 Å². The Morgan fingerprint density at radius 2 is 0.725 bits per heavy atom. The molecule has 0 aromatic heterocycles. The molecule has 10 rings (SSSR count). The van der Waals surface area contributed by atoms with Crippen LogP contribution in [0.15, 0.2) is 141 Å². The second-order valence-electron chi connectivity index (χ2n) is 10.2. The average molecular weight is 509 g/mol. The van der Waals surface area contributed by atoms with Crippen LogP contribution in [-0.2, 0) is 0 Å². The zero-order chi connectivity index (χ0) is 26.2. The van der Waals surface area contributed by atoms with Gasteiger partial charge in [0, 0.05) is 43.1 Å². The van der Waals surface area contributed by atoms with Crippen molar-refractivity contribution < 1.29 is 0 Å². The quantitative estimate of drug-likeness (QED) is 0.230. The van der Waals surface area contributed by atoms with Gasteiger partial charge in [-0.3, -0.25) is 0 Å². The number of para-hydroxylation sites is 4. The van der Waals surface area contributed by atoms with Crippen LogP contribution in [0, 0.1) is 20.9 Å². The summed E-state index contributed by atoms with van der Waals surface area (Å²) in [6.07, 6.45) is 0. The molecule has 0 N–H and O–H groups in total. The van der Waals surface area contributed by atoms with Gasteiger partial charge >= 0.3 is 0 Å². The van der Waals surface area contributed by atoms with E-state index >= 15 is 0 Å². The maximum absolute atomic E-state index is 4.83. The van der Waals surface area contributed by atoms with Crippen molar-refractivity contribution in [2.75, 3.05) is 0 Å². The molecular formula is C36H20N4. The molecular weight excluding hydrogens is 488 g/mol. The molecule has 0 spiro atoms. The molecule has 4 aliphatic heterocycles. The smallest absolute Gasteiger partial charge is 0.0817 e. The molecule has 4 nitrogen and oxygen atoms in total. The molecule has 4 aliphatic rings. The minimum absolute atomic E-state index is 1.03. The van der Waals surface area contributed by atoms with Crippen LogP contribution in [0.4, 0.5) is 22.7 Å². The highest BCUT2D eigenvalue weighted by Crippen LogP contribution is 2.40. The summed E-state index contributed by atoms with van der Waals surface area (Å²) in [4.78, 5) is 19.0. The fourth-order valence-electron chi connectivity index (χ4n) is 6.21. The van der Waals surface area contributed by atoms with Crippen LogP contribution >= 0.6 is 0 Å². The van der Waals surface area contributed by atoms with E-state index < -0.39 is 0 Å². The normalized spacial score (nSPS) is 12.8. The third-order valence-electron chi connectivity index (χ3n) is 7.99. The Morgan fingerprint density at radius 1 is 0.300 bits per heavy atom. The number of hydrogen-bond donors (Lipinski definition) is 0.